The van der Waals surface area contributed by atoms with Crippen molar-refractivity contribution in [3.8, 4) is 23.1 Å². The van der Waals surface area contributed by atoms with Gasteiger partial charge in [0.15, 0.2) is 0 Å². The highest BCUT2D eigenvalue weighted by atomic mass is 16.5. The number of likely N-dealkylation sites (tertiary alicyclic amines) is 1. The Balaban J connectivity index is 1.76. The van der Waals surface area contributed by atoms with E-state index in [1.807, 2.05) is 26.0 Å². The Hall–Kier alpha value is -3.93. The summed E-state index contributed by atoms with van der Waals surface area (Å²) in [5.41, 5.74) is 2.34. The molecule has 2 heterocycles. The molecule has 2 aromatic rings. The number of hydrogen-bond donors (Lipinski definition) is 2. The Morgan fingerprint density at radius 2 is 2.00 bits per heavy atom. The van der Waals surface area contributed by atoms with E-state index in [1.54, 1.807) is 23.2 Å². The molecular formula is C24H26N4O5. The van der Waals surface area contributed by atoms with Crippen LogP contribution in [0.25, 0.3) is 11.3 Å². The average molecular weight is 450 g/mol. The minimum atomic E-state index is -0.808. The van der Waals surface area contributed by atoms with Gasteiger partial charge in [-0.2, -0.15) is 0 Å². The van der Waals surface area contributed by atoms with E-state index in [1.165, 1.54) is 7.11 Å². The van der Waals surface area contributed by atoms with Crippen molar-refractivity contribution < 1.29 is 23.9 Å². The minimum absolute atomic E-state index is 0.171. The number of aromatic amines is 1. The van der Waals surface area contributed by atoms with Crippen molar-refractivity contribution >= 4 is 24.1 Å². The Bertz CT molecular complexity index is 1090. The van der Waals surface area contributed by atoms with Crippen molar-refractivity contribution in [2.45, 2.75) is 38.8 Å². The van der Waals surface area contributed by atoms with E-state index >= 15 is 0 Å². The van der Waals surface area contributed by atoms with E-state index in [-0.39, 0.29) is 24.2 Å². The van der Waals surface area contributed by atoms with Crippen molar-refractivity contribution in [2.24, 2.45) is 5.92 Å². The van der Waals surface area contributed by atoms with Gasteiger partial charge in [-0.25, -0.2) is 9.78 Å². The molecule has 9 heteroatoms. The molecule has 9 nitrogen and oxygen atoms in total. The molecule has 1 aliphatic heterocycles. The van der Waals surface area contributed by atoms with Crippen LogP contribution in [0.15, 0.2) is 30.5 Å². The standard InChI is InChI=1S/C24H26N4O5/c1-15(2)22(27-20(30)14-29)24(32)28-12-4-5-19(28)23-25-13-18(26-23)17-9-6-16(7-10-17)8-11-21(31)33-3/h6-7,9-10,13-15,19,22H,4-5,12H2,1-3H3,(H,25,26)(H,27,30)/t19?,22-/m0/s1. The molecule has 1 aromatic carbocycles. The van der Waals surface area contributed by atoms with Crippen molar-refractivity contribution in [1.82, 2.24) is 20.2 Å². The van der Waals surface area contributed by atoms with Crippen molar-refractivity contribution in [3.05, 3.63) is 41.9 Å². The fourth-order valence-corrected chi connectivity index (χ4v) is 3.75. The number of aldehydes is 1. The molecule has 1 aromatic heterocycles. The van der Waals surface area contributed by atoms with Gasteiger partial charge in [0.05, 0.1) is 25.0 Å². The van der Waals surface area contributed by atoms with Gasteiger partial charge < -0.3 is 19.9 Å². The van der Waals surface area contributed by atoms with Crippen molar-refractivity contribution in [2.75, 3.05) is 13.7 Å². The molecule has 2 amide bonds. The predicted octanol–water partition coefficient (Wildman–Crippen LogP) is 1.60. The third-order valence-corrected chi connectivity index (χ3v) is 5.47. The average Bonchev–Trinajstić information content (AvgIpc) is 3.50. The molecule has 3 rings (SSSR count). The van der Waals surface area contributed by atoms with E-state index < -0.39 is 17.9 Å². The number of carbonyl (C=O) groups excluding carboxylic acids is 4. The van der Waals surface area contributed by atoms with Gasteiger partial charge in [0, 0.05) is 18.0 Å². The zero-order valence-corrected chi connectivity index (χ0v) is 18.8. The smallest absolute Gasteiger partial charge is 0.384 e. The molecule has 172 valence electrons. The molecule has 1 unspecified atom stereocenters. The van der Waals surface area contributed by atoms with Crippen LogP contribution in [0.4, 0.5) is 0 Å². The number of ether oxygens (including phenoxy) is 1. The number of carbonyl (C=O) groups is 4. The number of amides is 2. The number of aromatic nitrogens is 2. The summed E-state index contributed by atoms with van der Waals surface area (Å²) in [6.07, 6.45) is 3.44. The number of nitrogens with zero attached hydrogens (tertiary/aromatic N) is 2. The van der Waals surface area contributed by atoms with Gasteiger partial charge in [0.1, 0.15) is 11.9 Å². The van der Waals surface area contributed by atoms with Gasteiger partial charge in [0.25, 0.3) is 5.91 Å². The number of benzene rings is 1. The number of hydrogen-bond acceptors (Lipinski definition) is 6. The zero-order valence-electron chi connectivity index (χ0n) is 18.8. The van der Waals surface area contributed by atoms with Gasteiger partial charge in [0.2, 0.25) is 12.2 Å². The van der Waals surface area contributed by atoms with Crippen LogP contribution in [0.5, 0.6) is 0 Å². The highest BCUT2D eigenvalue weighted by Crippen LogP contribution is 2.32. The van der Waals surface area contributed by atoms with Crippen LogP contribution >= 0.6 is 0 Å². The highest BCUT2D eigenvalue weighted by molar-refractivity contribution is 6.24. The molecule has 2 atom stereocenters. The maximum atomic E-state index is 13.2. The first-order valence-corrected chi connectivity index (χ1v) is 10.7. The lowest BCUT2D eigenvalue weighted by molar-refractivity contribution is -0.140. The third-order valence-electron chi connectivity index (χ3n) is 5.47. The summed E-state index contributed by atoms with van der Waals surface area (Å²) in [4.78, 5) is 56.2. The Kier molecular flexibility index (Phi) is 7.61. The number of nitrogens with one attached hydrogen (secondary N) is 2. The molecule has 0 saturated carbocycles. The van der Waals surface area contributed by atoms with Gasteiger partial charge in [-0.05, 0) is 36.5 Å². The van der Waals surface area contributed by atoms with Gasteiger partial charge in [-0.1, -0.05) is 31.9 Å². The molecule has 0 radical (unpaired) electrons. The fourth-order valence-electron chi connectivity index (χ4n) is 3.75. The van der Waals surface area contributed by atoms with E-state index in [2.05, 4.69) is 31.9 Å². The molecule has 33 heavy (non-hydrogen) atoms. The molecule has 1 aliphatic rings. The van der Waals surface area contributed by atoms with Crippen LogP contribution < -0.4 is 5.32 Å². The predicted molar refractivity (Wildman–Crippen MR) is 119 cm³/mol. The second kappa shape index (κ2) is 10.6. The largest absolute Gasteiger partial charge is 0.459 e. The summed E-state index contributed by atoms with van der Waals surface area (Å²) in [6, 6.07) is 6.28. The molecule has 0 spiro atoms. The van der Waals surface area contributed by atoms with Crippen LogP contribution in [0, 0.1) is 17.8 Å². The summed E-state index contributed by atoms with van der Waals surface area (Å²) >= 11 is 0. The van der Waals surface area contributed by atoms with Crippen LogP contribution in [0.3, 0.4) is 0 Å². The Morgan fingerprint density at radius 1 is 1.27 bits per heavy atom. The van der Waals surface area contributed by atoms with E-state index in [9.17, 15) is 19.2 Å². The molecular weight excluding hydrogens is 424 g/mol. The third kappa shape index (κ3) is 5.66. The monoisotopic (exact) mass is 450 g/mol. The molecule has 1 fully saturated rings. The molecule has 0 bridgehead atoms. The highest BCUT2D eigenvalue weighted by Gasteiger charge is 2.37. The summed E-state index contributed by atoms with van der Waals surface area (Å²) < 4.78 is 4.50. The lowest BCUT2D eigenvalue weighted by Gasteiger charge is -2.29. The maximum Gasteiger partial charge on any atom is 0.384 e. The van der Waals surface area contributed by atoms with Gasteiger partial charge in [-0.3, -0.25) is 14.4 Å². The second-order valence-electron chi connectivity index (χ2n) is 8.04. The first-order valence-electron chi connectivity index (χ1n) is 10.7. The van der Waals surface area contributed by atoms with E-state index in [0.717, 1.165) is 24.1 Å². The van der Waals surface area contributed by atoms with Crippen LogP contribution in [0.1, 0.15) is 44.1 Å². The number of methoxy groups -OCH3 is 1. The normalized spacial score (nSPS) is 16.0. The minimum Gasteiger partial charge on any atom is -0.459 e. The summed E-state index contributed by atoms with van der Waals surface area (Å²) in [5.74, 6) is 3.97. The first kappa shape index (κ1) is 23.7. The van der Waals surface area contributed by atoms with E-state index in [0.29, 0.717) is 17.9 Å². The van der Waals surface area contributed by atoms with Crippen LogP contribution in [-0.2, 0) is 23.9 Å². The van der Waals surface area contributed by atoms with Gasteiger partial charge >= 0.3 is 5.97 Å². The maximum absolute atomic E-state index is 13.2. The molecule has 1 saturated heterocycles. The Morgan fingerprint density at radius 3 is 2.64 bits per heavy atom. The SMILES string of the molecule is COC(=O)C#Cc1ccc(-c2cnc(C3CCCN3C(=O)[C@@H](NC(=O)C=O)C(C)C)[nH]2)cc1. The number of rotatable bonds is 6. The lowest BCUT2D eigenvalue weighted by atomic mass is 10.0. The first-order chi connectivity index (χ1) is 15.8. The summed E-state index contributed by atoms with van der Waals surface area (Å²) in [5, 5.41) is 2.50. The van der Waals surface area contributed by atoms with Crippen molar-refractivity contribution in [3.63, 3.8) is 0 Å². The van der Waals surface area contributed by atoms with E-state index in [4.69, 9.17) is 0 Å². The lowest BCUT2D eigenvalue weighted by Crippen LogP contribution is -2.51. The topological polar surface area (TPSA) is 121 Å². The Labute approximate surface area is 191 Å². The number of esters is 1. The fraction of sp³-hybridized carbons (Fsp3) is 0.375. The quantitative estimate of drug-likeness (QED) is 0.298. The van der Waals surface area contributed by atoms with Crippen LogP contribution in [0.2, 0.25) is 0 Å². The molecule has 2 N–H and O–H groups in total. The number of H-pyrrole nitrogens is 1. The van der Waals surface area contributed by atoms with Crippen molar-refractivity contribution in [1.29, 1.82) is 0 Å². The van der Waals surface area contributed by atoms with Gasteiger partial charge in [-0.15, -0.1) is 0 Å². The summed E-state index contributed by atoms with van der Waals surface area (Å²) in [7, 11) is 1.28. The number of imidazole rings is 1. The molecule has 0 aliphatic carbocycles. The summed E-state index contributed by atoms with van der Waals surface area (Å²) in [6.45, 7) is 4.19. The second-order valence-corrected chi connectivity index (χ2v) is 8.04. The van der Waals surface area contributed by atoms with Crippen LogP contribution in [-0.4, -0.2) is 58.6 Å². The zero-order chi connectivity index (χ0) is 24.0.